The average Bonchev–Trinajstić information content (AvgIpc) is 3.71. The molecule has 0 bridgehead atoms. The van der Waals surface area contributed by atoms with Crippen LogP contribution in [-0.2, 0) is 32.2 Å². The zero-order valence-electron chi connectivity index (χ0n) is 21.9. The highest BCUT2D eigenvalue weighted by atomic mass is 31.2. The van der Waals surface area contributed by atoms with Gasteiger partial charge in [0.15, 0.2) is 17.3 Å². The zero-order valence-corrected chi connectivity index (χ0v) is 23.7. The van der Waals surface area contributed by atoms with Gasteiger partial charge in [-0.05, 0) is 0 Å². The Balaban J connectivity index is 1.11. The minimum Gasteiger partial charge on any atom is -0.382 e. The van der Waals surface area contributed by atoms with E-state index in [-0.39, 0.29) is 36.8 Å². The van der Waals surface area contributed by atoms with E-state index in [1.165, 1.54) is 28.4 Å². The van der Waals surface area contributed by atoms with Crippen LogP contribution in [-0.4, -0.2) is 94.8 Å². The van der Waals surface area contributed by atoms with E-state index >= 15 is 0 Å². The number of rotatable bonds is 10. The molecule has 20 nitrogen and oxygen atoms in total. The van der Waals surface area contributed by atoms with Crippen LogP contribution in [0.3, 0.4) is 0 Å². The van der Waals surface area contributed by atoms with Gasteiger partial charge in [-0.3, -0.25) is 22.9 Å². The first-order chi connectivity index (χ1) is 20.4. The standard InChI is InChI=1S/C20H26FN9O11P2/c21-9-1-13(29-7-27-15-17(22)23-5-24-18(15)29)39-11(9)3-38-43(35,36)41-10-2-14(40-12(10)4-37-42(32,33)34)30-8-28-16-19(30)25-6-26-20(16)31/h5-7,9-14,28H,1-4,8H2,(H,35,36)(H2,22,23,24)(H,25,26,31)(H2,32,33,34)/t9?,10-,11+,12?,13?,14?/m0/s1. The van der Waals surface area contributed by atoms with E-state index in [0.29, 0.717) is 11.2 Å². The third-order valence-electron chi connectivity index (χ3n) is 7.00. The number of nitrogen functional groups attached to an aromatic ring is 1. The van der Waals surface area contributed by atoms with Crippen LogP contribution in [0.15, 0.2) is 23.8 Å². The Labute approximate surface area is 240 Å². The van der Waals surface area contributed by atoms with Gasteiger partial charge < -0.3 is 45.1 Å². The number of aromatic nitrogens is 6. The van der Waals surface area contributed by atoms with Crippen LogP contribution in [0.5, 0.6) is 0 Å². The lowest BCUT2D eigenvalue weighted by Crippen LogP contribution is -2.36. The lowest BCUT2D eigenvalue weighted by atomic mass is 10.2. The van der Waals surface area contributed by atoms with Crippen molar-refractivity contribution in [2.45, 2.75) is 49.8 Å². The number of hydrogen-bond donors (Lipinski definition) is 6. The van der Waals surface area contributed by atoms with Gasteiger partial charge >= 0.3 is 15.6 Å². The van der Waals surface area contributed by atoms with Crippen molar-refractivity contribution in [3.63, 3.8) is 0 Å². The van der Waals surface area contributed by atoms with Crippen molar-refractivity contribution in [3.8, 4) is 0 Å². The zero-order chi connectivity index (χ0) is 30.5. The number of hydrogen-bond acceptors (Lipinski definition) is 15. The number of aromatic amines is 1. The largest absolute Gasteiger partial charge is 0.472 e. The number of H-pyrrole nitrogens is 1. The molecule has 0 saturated carbocycles. The molecule has 3 aliphatic rings. The summed E-state index contributed by atoms with van der Waals surface area (Å²) in [6.45, 7) is -1.31. The molecule has 2 saturated heterocycles. The van der Waals surface area contributed by atoms with Crippen LogP contribution >= 0.6 is 15.6 Å². The number of anilines is 3. The first-order valence-electron chi connectivity index (χ1n) is 12.7. The number of nitrogens with two attached hydrogens (primary N) is 1. The van der Waals surface area contributed by atoms with E-state index in [9.17, 15) is 23.2 Å². The number of phosphoric ester groups is 2. The predicted octanol–water partition coefficient (Wildman–Crippen LogP) is -0.267. The highest BCUT2D eigenvalue weighted by Crippen LogP contribution is 2.49. The second-order valence-electron chi connectivity index (χ2n) is 9.76. The fourth-order valence-electron chi connectivity index (χ4n) is 5.03. The number of nitrogens with one attached hydrogen (secondary N) is 2. The maximum absolute atomic E-state index is 14.9. The average molecular weight is 649 g/mol. The fraction of sp³-hybridized carbons (Fsp3) is 0.550. The molecule has 7 atom stereocenters. The molecule has 3 aliphatic heterocycles. The number of fused-ring (bicyclic) bond motifs is 2. The molecule has 7 N–H and O–H groups in total. The van der Waals surface area contributed by atoms with Crippen LogP contribution in [0.4, 0.5) is 21.7 Å². The van der Waals surface area contributed by atoms with Crippen LogP contribution < -0.4 is 21.5 Å². The Kier molecular flexibility index (Phi) is 7.96. The summed E-state index contributed by atoms with van der Waals surface area (Å²) in [5.41, 5.74) is 6.15. The topological polar surface area (TPSA) is 272 Å². The number of phosphoric acid groups is 2. The van der Waals surface area contributed by atoms with Gasteiger partial charge in [-0.2, -0.15) is 0 Å². The SMILES string of the molecule is Nc1ncnc2c1ncn2C1CC(F)[C@@H](COP(=O)(O)O[C@H]2CC(N3CNc4c3nc[nH]c4=O)OC2COP(=O)(O)O)O1. The highest BCUT2D eigenvalue weighted by Gasteiger charge is 2.46. The Morgan fingerprint density at radius 1 is 1.07 bits per heavy atom. The summed E-state index contributed by atoms with van der Waals surface area (Å²) in [7, 11) is -9.86. The molecule has 3 aromatic heterocycles. The molecule has 5 unspecified atom stereocenters. The van der Waals surface area contributed by atoms with E-state index in [4.69, 9.17) is 34.0 Å². The molecule has 0 radical (unpaired) electrons. The van der Waals surface area contributed by atoms with Gasteiger partial charge in [0.2, 0.25) is 0 Å². The van der Waals surface area contributed by atoms with Crippen LogP contribution in [0, 0.1) is 0 Å². The van der Waals surface area contributed by atoms with Crippen LogP contribution in [0.25, 0.3) is 11.2 Å². The molecule has 234 valence electrons. The molecular formula is C20H26FN9O11P2. The Morgan fingerprint density at radius 3 is 2.63 bits per heavy atom. The molecule has 0 amide bonds. The molecule has 0 aromatic carbocycles. The van der Waals surface area contributed by atoms with Crippen molar-refractivity contribution in [2.24, 2.45) is 0 Å². The van der Waals surface area contributed by atoms with Gasteiger partial charge in [-0.15, -0.1) is 0 Å². The van der Waals surface area contributed by atoms with Crippen LogP contribution in [0.1, 0.15) is 19.1 Å². The maximum atomic E-state index is 14.9. The predicted molar refractivity (Wildman–Crippen MR) is 141 cm³/mol. The number of halogens is 1. The Bertz CT molecular complexity index is 1660. The van der Waals surface area contributed by atoms with Crippen molar-refractivity contribution < 1.29 is 51.2 Å². The van der Waals surface area contributed by atoms with Gasteiger partial charge in [0.25, 0.3) is 5.56 Å². The quantitative estimate of drug-likeness (QED) is 0.154. The Hall–Kier alpha value is -3.10. The number of imidazole rings is 1. The summed E-state index contributed by atoms with van der Waals surface area (Å²) in [4.78, 5) is 61.0. The minimum absolute atomic E-state index is 0.0784. The second-order valence-corrected chi connectivity index (χ2v) is 12.4. The van der Waals surface area contributed by atoms with Crippen molar-refractivity contribution >= 4 is 44.1 Å². The summed E-state index contributed by atoms with van der Waals surface area (Å²) in [6.07, 6.45) is -3.64. The van der Waals surface area contributed by atoms with E-state index in [1.54, 1.807) is 0 Å². The molecule has 6 rings (SSSR count). The van der Waals surface area contributed by atoms with Gasteiger partial charge in [0.1, 0.15) is 54.5 Å². The van der Waals surface area contributed by atoms with Gasteiger partial charge in [-0.1, -0.05) is 0 Å². The smallest absolute Gasteiger partial charge is 0.382 e. The van der Waals surface area contributed by atoms with E-state index in [0.717, 1.165) is 0 Å². The normalized spacial score (nSPS) is 28.7. The van der Waals surface area contributed by atoms with Gasteiger partial charge in [0, 0.05) is 12.8 Å². The maximum Gasteiger partial charge on any atom is 0.472 e. The number of ether oxygens (including phenoxy) is 2. The molecule has 23 heteroatoms. The molecule has 0 aliphatic carbocycles. The number of nitrogens with zero attached hydrogens (tertiary/aromatic N) is 6. The molecule has 3 aromatic rings. The molecule has 2 fully saturated rings. The van der Waals surface area contributed by atoms with E-state index in [2.05, 4.69) is 34.8 Å². The van der Waals surface area contributed by atoms with E-state index in [1.807, 2.05) is 0 Å². The summed E-state index contributed by atoms with van der Waals surface area (Å²) < 4.78 is 67.0. The lowest BCUT2D eigenvalue weighted by Gasteiger charge is -2.24. The third kappa shape index (κ3) is 6.27. The van der Waals surface area contributed by atoms with Crippen molar-refractivity contribution in [2.75, 3.05) is 35.8 Å². The summed E-state index contributed by atoms with van der Waals surface area (Å²) >= 11 is 0. The lowest BCUT2D eigenvalue weighted by molar-refractivity contribution is -0.0429. The molecular weight excluding hydrogens is 623 g/mol. The van der Waals surface area contributed by atoms with Crippen molar-refractivity contribution in [1.82, 2.24) is 29.5 Å². The minimum atomic E-state index is -4.94. The Morgan fingerprint density at radius 2 is 1.84 bits per heavy atom. The highest BCUT2D eigenvalue weighted by molar-refractivity contribution is 7.47. The first kappa shape index (κ1) is 29.9. The van der Waals surface area contributed by atoms with E-state index < -0.39 is 71.4 Å². The molecule has 43 heavy (non-hydrogen) atoms. The van der Waals surface area contributed by atoms with Gasteiger partial charge in [-0.25, -0.2) is 33.5 Å². The van der Waals surface area contributed by atoms with Crippen molar-refractivity contribution in [1.29, 1.82) is 0 Å². The van der Waals surface area contributed by atoms with Gasteiger partial charge in [0.05, 0.1) is 32.5 Å². The monoisotopic (exact) mass is 649 g/mol. The molecule has 6 heterocycles. The summed E-state index contributed by atoms with van der Waals surface area (Å²) in [5, 5.41) is 2.86. The second kappa shape index (κ2) is 11.4. The number of alkyl halides is 1. The summed E-state index contributed by atoms with van der Waals surface area (Å²) in [5.74, 6) is 0.365. The third-order valence-corrected chi connectivity index (χ3v) is 8.49. The summed E-state index contributed by atoms with van der Waals surface area (Å²) in [6, 6.07) is 0. The first-order valence-corrected chi connectivity index (χ1v) is 15.7. The van der Waals surface area contributed by atoms with Crippen LogP contribution in [0.2, 0.25) is 0 Å². The van der Waals surface area contributed by atoms with Crippen molar-refractivity contribution in [3.05, 3.63) is 29.3 Å². The fourth-order valence-corrected chi connectivity index (χ4v) is 6.33. The molecule has 0 spiro atoms.